The van der Waals surface area contributed by atoms with Crippen molar-refractivity contribution in [2.75, 3.05) is 33.3 Å². The maximum absolute atomic E-state index is 12.5. The van der Waals surface area contributed by atoms with Crippen LogP contribution in [0, 0.1) is 5.41 Å². The highest BCUT2D eigenvalue weighted by Crippen LogP contribution is 2.44. The number of esters is 1. The second kappa shape index (κ2) is 5.80. The van der Waals surface area contributed by atoms with Crippen LogP contribution in [0.15, 0.2) is 0 Å². The molecule has 0 radical (unpaired) electrons. The topological polar surface area (TPSA) is 41.6 Å². The molecule has 0 aromatic heterocycles. The van der Waals surface area contributed by atoms with Crippen molar-refractivity contribution in [1.29, 1.82) is 0 Å². The largest absolute Gasteiger partial charge is 0.468 e. The molecule has 1 saturated heterocycles. The predicted molar refractivity (Wildman–Crippen MR) is 76.1 cm³/mol. The van der Waals surface area contributed by atoms with E-state index in [0.717, 1.165) is 51.9 Å². The van der Waals surface area contributed by atoms with Gasteiger partial charge in [-0.15, -0.1) is 0 Å². The van der Waals surface area contributed by atoms with E-state index in [2.05, 4.69) is 24.1 Å². The van der Waals surface area contributed by atoms with E-state index in [4.69, 9.17) is 4.74 Å². The number of ether oxygens (including phenoxy) is 1. The van der Waals surface area contributed by atoms with E-state index in [1.165, 1.54) is 13.5 Å². The van der Waals surface area contributed by atoms with Crippen LogP contribution in [0.25, 0.3) is 0 Å². The Morgan fingerprint density at radius 2 is 1.95 bits per heavy atom. The van der Waals surface area contributed by atoms with Gasteiger partial charge in [-0.05, 0) is 37.6 Å². The van der Waals surface area contributed by atoms with Gasteiger partial charge in [0.15, 0.2) is 0 Å². The summed E-state index contributed by atoms with van der Waals surface area (Å²) < 4.78 is 5.18. The Bertz CT molecular complexity index is 322. The second-order valence-corrected chi connectivity index (χ2v) is 6.81. The van der Waals surface area contributed by atoms with Crippen molar-refractivity contribution in [3.05, 3.63) is 0 Å². The highest BCUT2D eigenvalue weighted by Gasteiger charge is 2.50. The smallest absolute Gasteiger partial charge is 0.326 e. The van der Waals surface area contributed by atoms with Crippen molar-refractivity contribution in [3.8, 4) is 0 Å². The van der Waals surface area contributed by atoms with Crippen molar-refractivity contribution >= 4 is 5.97 Å². The standard InChI is InChI=1S/C15H28N2O2/c1-14(2)6-4-7-15(12-14,13(18)19-3)17-10-5-8-16-9-11-17/h16H,4-12H2,1-3H3. The van der Waals surface area contributed by atoms with Gasteiger partial charge < -0.3 is 10.1 Å². The number of nitrogens with zero attached hydrogens (tertiary/aromatic N) is 1. The summed E-state index contributed by atoms with van der Waals surface area (Å²) in [7, 11) is 1.53. The summed E-state index contributed by atoms with van der Waals surface area (Å²) in [4.78, 5) is 14.9. The number of hydrogen-bond donors (Lipinski definition) is 1. The molecule has 4 heteroatoms. The monoisotopic (exact) mass is 268 g/mol. The lowest BCUT2D eigenvalue weighted by Crippen LogP contribution is -2.59. The Morgan fingerprint density at radius 1 is 1.16 bits per heavy atom. The van der Waals surface area contributed by atoms with Crippen molar-refractivity contribution in [2.24, 2.45) is 5.41 Å². The van der Waals surface area contributed by atoms with Crippen LogP contribution in [-0.4, -0.2) is 49.7 Å². The molecule has 0 spiro atoms. The van der Waals surface area contributed by atoms with Gasteiger partial charge in [0.2, 0.25) is 0 Å². The molecule has 2 aliphatic rings. The lowest BCUT2D eigenvalue weighted by Gasteiger charge is -2.48. The first-order valence-corrected chi connectivity index (χ1v) is 7.54. The predicted octanol–water partition coefficient (Wildman–Crippen LogP) is 1.79. The highest BCUT2D eigenvalue weighted by atomic mass is 16.5. The van der Waals surface area contributed by atoms with Crippen LogP contribution >= 0.6 is 0 Å². The van der Waals surface area contributed by atoms with Gasteiger partial charge in [-0.2, -0.15) is 0 Å². The Labute approximate surface area is 116 Å². The molecule has 2 rings (SSSR count). The zero-order valence-corrected chi connectivity index (χ0v) is 12.6. The first kappa shape index (κ1) is 14.8. The molecular formula is C15H28N2O2. The van der Waals surface area contributed by atoms with Gasteiger partial charge >= 0.3 is 5.97 Å². The van der Waals surface area contributed by atoms with Crippen LogP contribution in [0.5, 0.6) is 0 Å². The summed E-state index contributed by atoms with van der Waals surface area (Å²) in [5.74, 6) is -0.0258. The second-order valence-electron chi connectivity index (χ2n) is 6.81. The van der Waals surface area contributed by atoms with Crippen molar-refractivity contribution in [3.63, 3.8) is 0 Å². The van der Waals surface area contributed by atoms with E-state index in [1.54, 1.807) is 0 Å². The summed E-state index contributed by atoms with van der Waals surface area (Å²) in [6.07, 6.45) is 5.30. The van der Waals surface area contributed by atoms with Crippen LogP contribution in [0.4, 0.5) is 0 Å². The number of rotatable bonds is 2. The number of hydrogen-bond acceptors (Lipinski definition) is 4. The molecule has 1 aliphatic heterocycles. The molecule has 1 N–H and O–H groups in total. The highest BCUT2D eigenvalue weighted by molar-refractivity contribution is 5.81. The SMILES string of the molecule is COC(=O)C1(N2CCCNCC2)CCCC(C)(C)C1. The number of carbonyl (C=O) groups excluding carboxylic acids is 1. The Hall–Kier alpha value is -0.610. The van der Waals surface area contributed by atoms with E-state index in [0.29, 0.717) is 0 Å². The average Bonchev–Trinajstić information content (AvgIpc) is 2.65. The van der Waals surface area contributed by atoms with Crippen LogP contribution in [0.2, 0.25) is 0 Å². The molecule has 1 aliphatic carbocycles. The van der Waals surface area contributed by atoms with Gasteiger partial charge in [-0.3, -0.25) is 9.69 Å². The molecular weight excluding hydrogens is 240 g/mol. The van der Waals surface area contributed by atoms with E-state index in [-0.39, 0.29) is 16.9 Å². The van der Waals surface area contributed by atoms with E-state index in [1.807, 2.05) is 0 Å². The Balaban J connectivity index is 2.25. The summed E-state index contributed by atoms with van der Waals surface area (Å²) in [6.45, 7) is 8.53. The molecule has 1 atom stereocenters. The van der Waals surface area contributed by atoms with E-state index < -0.39 is 0 Å². The molecule has 4 nitrogen and oxygen atoms in total. The normalized spacial score (nSPS) is 32.6. The molecule has 1 unspecified atom stereocenters. The third kappa shape index (κ3) is 3.11. The molecule has 0 aromatic carbocycles. The summed E-state index contributed by atoms with van der Waals surface area (Å²) in [5.41, 5.74) is -0.158. The summed E-state index contributed by atoms with van der Waals surface area (Å²) in [6, 6.07) is 0. The quantitative estimate of drug-likeness (QED) is 0.775. The maximum Gasteiger partial charge on any atom is 0.326 e. The number of carbonyl (C=O) groups is 1. The molecule has 1 saturated carbocycles. The fraction of sp³-hybridized carbons (Fsp3) is 0.933. The summed E-state index contributed by atoms with van der Waals surface area (Å²) in [5, 5.41) is 3.42. The minimum atomic E-state index is -0.386. The van der Waals surface area contributed by atoms with Crippen LogP contribution in [-0.2, 0) is 9.53 Å². The molecule has 2 fully saturated rings. The van der Waals surface area contributed by atoms with Gasteiger partial charge in [0, 0.05) is 19.6 Å². The Kier molecular flexibility index (Phi) is 4.51. The zero-order chi connectivity index (χ0) is 13.9. The fourth-order valence-electron chi connectivity index (χ4n) is 3.86. The average molecular weight is 268 g/mol. The molecule has 19 heavy (non-hydrogen) atoms. The van der Waals surface area contributed by atoms with Crippen LogP contribution < -0.4 is 5.32 Å². The minimum Gasteiger partial charge on any atom is -0.468 e. The van der Waals surface area contributed by atoms with Gasteiger partial charge in [0.25, 0.3) is 0 Å². The molecule has 110 valence electrons. The summed E-state index contributed by atoms with van der Waals surface area (Å²) >= 11 is 0. The third-order valence-electron chi connectivity index (χ3n) is 4.73. The molecule has 0 amide bonds. The van der Waals surface area contributed by atoms with Crippen LogP contribution in [0.1, 0.15) is 46.0 Å². The molecule has 0 bridgehead atoms. The first-order chi connectivity index (χ1) is 9.00. The lowest BCUT2D eigenvalue weighted by atomic mass is 9.67. The Morgan fingerprint density at radius 3 is 2.63 bits per heavy atom. The van der Waals surface area contributed by atoms with Gasteiger partial charge in [-0.1, -0.05) is 20.3 Å². The van der Waals surface area contributed by atoms with Crippen LogP contribution in [0.3, 0.4) is 0 Å². The number of methoxy groups -OCH3 is 1. The fourth-order valence-corrected chi connectivity index (χ4v) is 3.86. The van der Waals surface area contributed by atoms with Crippen molar-refractivity contribution < 1.29 is 9.53 Å². The van der Waals surface area contributed by atoms with Crippen molar-refractivity contribution in [2.45, 2.75) is 51.5 Å². The van der Waals surface area contributed by atoms with Gasteiger partial charge in [-0.25, -0.2) is 0 Å². The molecule has 0 aromatic rings. The van der Waals surface area contributed by atoms with Crippen molar-refractivity contribution in [1.82, 2.24) is 10.2 Å². The van der Waals surface area contributed by atoms with E-state index in [9.17, 15) is 4.79 Å². The van der Waals surface area contributed by atoms with Gasteiger partial charge in [0.05, 0.1) is 7.11 Å². The van der Waals surface area contributed by atoms with Gasteiger partial charge in [0.1, 0.15) is 5.54 Å². The number of nitrogens with one attached hydrogen (secondary N) is 1. The minimum absolute atomic E-state index is 0.0258. The molecule has 1 heterocycles. The third-order valence-corrected chi connectivity index (χ3v) is 4.73. The zero-order valence-electron chi connectivity index (χ0n) is 12.6. The maximum atomic E-state index is 12.5. The first-order valence-electron chi connectivity index (χ1n) is 7.54. The lowest BCUT2D eigenvalue weighted by molar-refractivity contribution is -0.161. The van der Waals surface area contributed by atoms with E-state index >= 15 is 0 Å².